The number of halogens is 2. The molecule has 0 saturated heterocycles. The molecule has 0 saturated carbocycles. The highest BCUT2D eigenvalue weighted by molar-refractivity contribution is 7.98. The Morgan fingerprint density at radius 3 is 1.52 bits per heavy atom. The van der Waals surface area contributed by atoms with Gasteiger partial charge < -0.3 is 28.9 Å². The van der Waals surface area contributed by atoms with Crippen molar-refractivity contribution in [2.24, 2.45) is 0 Å². The number of benzene rings is 2. The molecule has 0 aliphatic heterocycles. The van der Waals surface area contributed by atoms with E-state index in [0.29, 0.717) is 72.0 Å². The predicted octanol–water partition coefficient (Wildman–Crippen LogP) is 6.46. The van der Waals surface area contributed by atoms with E-state index in [2.05, 4.69) is 36.0 Å². The van der Waals surface area contributed by atoms with Crippen molar-refractivity contribution >= 4 is 66.9 Å². The molecule has 0 atom stereocenters. The standard InChI is InChI=1S/C16H13ClN4O4S.C16H13ClN4O2S/c1-24-11-4-9(10(17)5-12(11)25-2)14-13-8(6-18)7-19-15(13)21-16(20-14)26(3,22)23;1-22-11-4-9(10(17)5-12(11)23-2)14-13-8(6-18)7-19-15(13)21-16(20-14)24-3/h4-5,7H,1-3H3,(H,19,20,21);4-5,7H,1-3H3,(H,19,20,21). The maximum absolute atomic E-state index is 12.0. The lowest BCUT2D eigenvalue weighted by atomic mass is 10.1. The summed E-state index contributed by atoms with van der Waals surface area (Å²) < 4.78 is 45.0. The number of fused-ring (bicyclic) bond motifs is 2. The Labute approximate surface area is 300 Å². The van der Waals surface area contributed by atoms with E-state index in [1.54, 1.807) is 38.6 Å². The first-order valence-corrected chi connectivity index (χ1v) is 18.0. The molecular formula is C32H26Cl2N8O6S2. The van der Waals surface area contributed by atoms with Crippen molar-refractivity contribution in [3.05, 3.63) is 57.8 Å². The van der Waals surface area contributed by atoms with Crippen molar-refractivity contribution in [1.29, 1.82) is 10.5 Å². The van der Waals surface area contributed by atoms with Crippen molar-refractivity contribution < 1.29 is 27.4 Å². The van der Waals surface area contributed by atoms with Gasteiger partial charge in [-0.25, -0.2) is 28.4 Å². The highest BCUT2D eigenvalue weighted by atomic mass is 35.5. The fourth-order valence-electron chi connectivity index (χ4n) is 4.92. The summed E-state index contributed by atoms with van der Waals surface area (Å²) in [6.45, 7) is 0. The summed E-state index contributed by atoms with van der Waals surface area (Å²) in [5, 5.41) is 20.6. The van der Waals surface area contributed by atoms with Gasteiger partial charge in [0, 0.05) is 41.9 Å². The van der Waals surface area contributed by atoms with Gasteiger partial charge in [-0.3, -0.25) is 0 Å². The molecule has 2 aromatic carbocycles. The Bertz CT molecular complexity index is 2470. The van der Waals surface area contributed by atoms with Gasteiger partial charge in [0.15, 0.2) is 28.2 Å². The number of H-pyrrole nitrogens is 2. The van der Waals surface area contributed by atoms with Crippen LogP contribution in [-0.4, -0.2) is 79.3 Å². The van der Waals surface area contributed by atoms with Crippen LogP contribution in [0.15, 0.2) is 47.0 Å². The summed E-state index contributed by atoms with van der Waals surface area (Å²) in [6, 6.07) is 10.7. The van der Waals surface area contributed by atoms with Crippen molar-refractivity contribution in [3.8, 4) is 57.7 Å². The van der Waals surface area contributed by atoms with Crippen molar-refractivity contribution in [2.75, 3.05) is 41.0 Å². The molecule has 0 spiro atoms. The molecule has 2 N–H and O–H groups in total. The third-order valence-corrected chi connectivity index (χ3v) is 9.25. The minimum atomic E-state index is -3.69. The van der Waals surface area contributed by atoms with Gasteiger partial charge in [-0.1, -0.05) is 35.0 Å². The first-order valence-electron chi connectivity index (χ1n) is 14.1. The number of hydrogen-bond acceptors (Lipinski definition) is 13. The van der Waals surface area contributed by atoms with Crippen LogP contribution in [0.25, 0.3) is 44.6 Å². The van der Waals surface area contributed by atoms with Crippen LogP contribution in [-0.2, 0) is 9.84 Å². The molecule has 50 heavy (non-hydrogen) atoms. The number of aromatic nitrogens is 6. The quantitative estimate of drug-likeness (QED) is 0.127. The van der Waals surface area contributed by atoms with Crippen LogP contribution in [0, 0.1) is 22.7 Å². The van der Waals surface area contributed by atoms with Gasteiger partial charge in [-0.15, -0.1) is 0 Å². The SMILES string of the molecule is COc1cc(Cl)c(-c2nc(S(C)(=O)=O)nc3[nH]cc(C#N)c23)cc1OC.COc1cc(Cl)c(-c2nc(SC)nc3[nH]cc(C#N)c23)cc1OC. The average molecular weight is 754 g/mol. The molecule has 4 aromatic heterocycles. The van der Waals surface area contributed by atoms with Gasteiger partial charge in [0.1, 0.15) is 23.4 Å². The molecule has 0 aliphatic rings. The average Bonchev–Trinajstić information content (AvgIpc) is 3.74. The molecule has 0 amide bonds. The van der Waals surface area contributed by atoms with Crippen molar-refractivity contribution in [3.63, 3.8) is 0 Å². The van der Waals surface area contributed by atoms with Gasteiger partial charge in [0.05, 0.1) is 71.8 Å². The van der Waals surface area contributed by atoms with E-state index < -0.39 is 9.84 Å². The Morgan fingerprint density at radius 1 is 0.700 bits per heavy atom. The van der Waals surface area contributed by atoms with Gasteiger partial charge >= 0.3 is 0 Å². The third kappa shape index (κ3) is 6.79. The van der Waals surface area contributed by atoms with E-state index >= 15 is 0 Å². The van der Waals surface area contributed by atoms with Crippen LogP contribution >= 0.6 is 35.0 Å². The third-order valence-electron chi connectivity index (χ3n) is 7.23. The molecule has 18 heteroatoms. The van der Waals surface area contributed by atoms with Crippen molar-refractivity contribution in [2.45, 2.75) is 10.3 Å². The number of ether oxygens (including phenoxy) is 4. The number of aromatic amines is 2. The van der Waals surface area contributed by atoms with E-state index in [1.807, 2.05) is 12.3 Å². The summed E-state index contributed by atoms with van der Waals surface area (Å²) in [4.78, 5) is 22.9. The maximum Gasteiger partial charge on any atom is 0.249 e. The summed E-state index contributed by atoms with van der Waals surface area (Å²) in [6.07, 6.45) is 5.93. The zero-order chi connectivity index (χ0) is 36.3. The Hall–Kier alpha value is -5.26. The van der Waals surface area contributed by atoms with Crippen LogP contribution in [0.1, 0.15) is 11.1 Å². The summed E-state index contributed by atoms with van der Waals surface area (Å²) in [5.74, 6) is 1.85. The minimum absolute atomic E-state index is 0.208. The minimum Gasteiger partial charge on any atom is -0.493 e. The summed E-state index contributed by atoms with van der Waals surface area (Å²) >= 11 is 14.2. The number of nitrogens with one attached hydrogen (secondary N) is 2. The predicted molar refractivity (Wildman–Crippen MR) is 189 cm³/mol. The number of thioether (sulfide) groups is 1. The van der Waals surface area contributed by atoms with Crippen LogP contribution < -0.4 is 18.9 Å². The van der Waals surface area contributed by atoms with E-state index in [9.17, 15) is 18.9 Å². The molecule has 0 unspecified atom stereocenters. The number of rotatable bonds is 8. The maximum atomic E-state index is 12.0. The number of nitriles is 2. The normalized spacial score (nSPS) is 11.0. The number of methoxy groups -OCH3 is 4. The van der Waals surface area contributed by atoms with Gasteiger partial charge in [0.2, 0.25) is 15.0 Å². The number of nitrogens with zero attached hydrogens (tertiary/aromatic N) is 6. The zero-order valence-electron chi connectivity index (χ0n) is 27.2. The first kappa shape index (κ1) is 36.0. The van der Waals surface area contributed by atoms with E-state index in [0.717, 1.165) is 6.26 Å². The van der Waals surface area contributed by atoms with E-state index in [-0.39, 0.29) is 27.1 Å². The van der Waals surface area contributed by atoms with Gasteiger partial charge in [-0.05, 0) is 18.4 Å². The second-order valence-corrected chi connectivity index (χ2v) is 13.6. The molecule has 4 heterocycles. The summed E-state index contributed by atoms with van der Waals surface area (Å²) in [5.41, 5.74) is 3.35. The van der Waals surface area contributed by atoms with Crippen LogP contribution in [0.4, 0.5) is 0 Å². The Morgan fingerprint density at radius 2 is 1.12 bits per heavy atom. The topological polar surface area (TPSA) is 202 Å². The fraction of sp³-hybridized carbons (Fsp3) is 0.188. The fourth-order valence-corrected chi connectivity index (χ4v) is 6.29. The molecule has 6 aromatic rings. The molecule has 256 valence electrons. The van der Waals surface area contributed by atoms with Crippen molar-refractivity contribution in [1.82, 2.24) is 29.9 Å². The Kier molecular flexibility index (Phi) is 10.6. The second kappa shape index (κ2) is 14.7. The van der Waals surface area contributed by atoms with Crippen LogP contribution in [0.2, 0.25) is 10.0 Å². The second-order valence-electron chi connectivity index (χ2n) is 10.1. The Balaban J connectivity index is 0.000000195. The number of hydrogen-bond donors (Lipinski definition) is 2. The number of sulfone groups is 1. The molecule has 0 fully saturated rings. The lowest BCUT2D eigenvalue weighted by molar-refractivity contribution is 0.355. The molecule has 14 nitrogen and oxygen atoms in total. The highest BCUT2D eigenvalue weighted by Crippen LogP contribution is 2.42. The zero-order valence-corrected chi connectivity index (χ0v) is 30.3. The van der Waals surface area contributed by atoms with E-state index in [1.165, 1.54) is 38.2 Å². The highest BCUT2D eigenvalue weighted by Gasteiger charge is 2.23. The van der Waals surface area contributed by atoms with Crippen LogP contribution in [0.5, 0.6) is 23.0 Å². The molecule has 0 bridgehead atoms. The molecule has 0 radical (unpaired) electrons. The van der Waals surface area contributed by atoms with E-state index in [4.69, 9.17) is 42.1 Å². The monoisotopic (exact) mass is 752 g/mol. The lowest BCUT2D eigenvalue weighted by Gasteiger charge is -2.12. The summed E-state index contributed by atoms with van der Waals surface area (Å²) in [7, 11) is 2.34. The molecule has 0 aliphatic carbocycles. The smallest absolute Gasteiger partial charge is 0.249 e. The van der Waals surface area contributed by atoms with Gasteiger partial charge in [0.25, 0.3) is 0 Å². The molecular weight excluding hydrogens is 727 g/mol. The first-order chi connectivity index (χ1) is 23.9. The lowest BCUT2D eigenvalue weighted by Crippen LogP contribution is -2.06. The largest absolute Gasteiger partial charge is 0.493 e. The molecule has 6 rings (SSSR count). The van der Waals surface area contributed by atoms with Gasteiger partial charge in [-0.2, -0.15) is 10.5 Å². The van der Waals surface area contributed by atoms with Crippen LogP contribution in [0.3, 0.4) is 0 Å².